The number of ether oxygens (including phenoxy) is 1. The predicted octanol–water partition coefficient (Wildman–Crippen LogP) is 2.75. The molecule has 1 aromatic heterocycles. The van der Waals surface area contributed by atoms with Crippen molar-refractivity contribution < 1.29 is 9.13 Å². The van der Waals surface area contributed by atoms with Crippen molar-refractivity contribution in [3.8, 4) is 11.4 Å². The summed E-state index contributed by atoms with van der Waals surface area (Å²) in [5, 5.41) is 3.86. The number of nitrogens with zero attached hydrogens (tertiary/aromatic N) is 3. The molecule has 0 fully saturated rings. The van der Waals surface area contributed by atoms with Crippen LogP contribution in [0.3, 0.4) is 0 Å². The number of benzene rings is 2. The van der Waals surface area contributed by atoms with E-state index in [9.17, 15) is 9.18 Å². The molecular weight excluding hydrogens is 359 g/mol. The molecular formula is C21H25FN4O2. The molecule has 0 aliphatic carbocycles. The lowest BCUT2D eigenvalue weighted by Gasteiger charge is -2.20. The van der Waals surface area contributed by atoms with E-state index in [1.54, 1.807) is 37.4 Å². The fraction of sp³-hybridized carbons (Fsp3) is 0.333. The van der Waals surface area contributed by atoms with E-state index in [1.165, 1.54) is 16.7 Å². The van der Waals surface area contributed by atoms with Gasteiger partial charge in [0, 0.05) is 13.1 Å². The Balaban J connectivity index is 2.15. The van der Waals surface area contributed by atoms with Crippen LogP contribution in [0.5, 0.6) is 5.75 Å². The molecule has 0 bridgehead atoms. The summed E-state index contributed by atoms with van der Waals surface area (Å²) in [5.74, 6) is 0.806. The summed E-state index contributed by atoms with van der Waals surface area (Å²) in [6.45, 7) is 3.57. The molecule has 0 amide bonds. The van der Waals surface area contributed by atoms with Crippen LogP contribution in [-0.2, 0) is 0 Å². The summed E-state index contributed by atoms with van der Waals surface area (Å²) in [5.41, 5.74) is 0.951. The number of halogens is 1. The van der Waals surface area contributed by atoms with Gasteiger partial charge in [0.05, 0.1) is 29.7 Å². The van der Waals surface area contributed by atoms with Crippen LogP contribution in [-0.4, -0.2) is 48.7 Å². The third-order valence-electron chi connectivity index (χ3n) is 4.58. The third kappa shape index (κ3) is 4.21. The van der Waals surface area contributed by atoms with Gasteiger partial charge in [0.2, 0.25) is 0 Å². The van der Waals surface area contributed by atoms with Crippen molar-refractivity contribution in [1.29, 1.82) is 0 Å². The molecule has 0 aliphatic heterocycles. The Hall–Kier alpha value is -2.77. The van der Waals surface area contributed by atoms with Gasteiger partial charge < -0.3 is 15.0 Å². The van der Waals surface area contributed by atoms with Gasteiger partial charge in [-0.15, -0.1) is 0 Å². The van der Waals surface area contributed by atoms with E-state index in [4.69, 9.17) is 9.72 Å². The van der Waals surface area contributed by atoms with Gasteiger partial charge in [-0.05, 0) is 63.5 Å². The molecule has 1 heterocycles. The highest BCUT2D eigenvalue weighted by Gasteiger charge is 2.18. The lowest BCUT2D eigenvalue weighted by molar-refractivity contribution is 0.385. The normalized spacial score (nSPS) is 12.5. The minimum absolute atomic E-state index is 0.177. The molecule has 1 atom stereocenters. The van der Waals surface area contributed by atoms with Crippen LogP contribution in [0.25, 0.3) is 16.6 Å². The molecule has 3 rings (SSSR count). The van der Waals surface area contributed by atoms with Crippen molar-refractivity contribution in [2.24, 2.45) is 0 Å². The molecule has 0 aliphatic rings. The van der Waals surface area contributed by atoms with Crippen molar-refractivity contribution in [2.75, 3.05) is 34.3 Å². The van der Waals surface area contributed by atoms with E-state index >= 15 is 0 Å². The average Bonchev–Trinajstić information content (AvgIpc) is 2.68. The van der Waals surface area contributed by atoms with Crippen LogP contribution in [0.1, 0.15) is 18.8 Å². The smallest absolute Gasteiger partial charge is 0.266 e. The van der Waals surface area contributed by atoms with Crippen LogP contribution in [0, 0.1) is 5.82 Å². The van der Waals surface area contributed by atoms with Crippen LogP contribution in [0.2, 0.25) is 0 Å². The number of nitrogens with one attached hydrogen (secondary N) is 1. The van der Waals surface area contributed by atoms with Crippen molar-refractivity contribution in [3.05, 3.63) is 64.5 Å². The number of methoxy groups -OCH3 is 1. The first-order valence-electron chi connectivity index (χ1n) is 9.15. The number of hydrogen-bond acceptors (Lipinski definition) is 5. The highest BCUT2D eigenvalue weighted by molar-refractivity contribution is 5.79. The zero-order valence-corrected chi connectivity index (χ0v) is 16.6. The van der Waals surface area contributed by atoms with Gasteiger partial charge in [0.25, 0.3) is 5.56 Å². The third-order valence-corrected chi connectivity index (χ3v) is 4.58. The summed E-state index contributed by atoms with van der Waals surface area (Å²) in [6, 6.07) is 10.9. The van der Waals surface area contributed by atoms with Gasteiger partial charge in [-0.25, -0.2) is 9.37 Å². The zero-order chi connectivity index (χ0) is 20.3. The maximum absolute atomic E-state index is 13.4. The second-order valence-electron chi connectivity index (χ2n) is 6.95. The van der Waals surface area contributed by atoms with Crippen LogP contribution in [0.4, 0.5) is 4.39 Å². The van der Waals surface area contributed by atoms with Crippen molar-refractivity contribution in [3.63, 3.8) is 0 Å². The number of rotatable bonds is 7. The lowest BCUT2D eigenvalue weighted by atomic mass is 10.2. The fourth-order valence-electron chi connectivity index (χ4n) is 3.03. The van der Waals surface area contributed by atoms with Crippen molar-refractivity contribution >= 4 is 10.9 Å². The Bertz CT molecular complexity index is 1020. The first kappa shape index (κ1) is 20.0. The summed E-state index contributed by atoms with van der Waals surface area (Å²) < 4.78 is 20.2. The Morgan fingerprint density at radius 1 is 1.21 bits per heavy atom. The van der Waals surface area contributed by atoms with E-state index in [0.29, 0.717) is 28.2 Å². The molecule has 1 unspecified atom stereocenters. The topological polar surface area (TPSA) is 59.4 Å². The zero-order valence-electron chi connectivity index (χ0n) is 16.6. The molecule has 0 saturated carbocycles. The van der Waals surface area contributed by atoms with E-state index < -0.39 is 0 Å². The second-order valence-corrected chi connectivity index (χ2v) is 6.95. The Morgan fingerprint density at radius 3 is 2.57 bits per heavy atom. The summed E-state index contributed by atoms with van der Waals surface area (Å²) >= 11 is 0. The monoisotopic (exact) mass is 384 g/mol. The molecule has 0 spiro atoms. The standard InChI is InChI=1S/C21H25FN4O2/c1-14(23-11-12-25(2)3)20-24-19-10-9-17(28-4)13-18(19)21(27)26(20)16-7-5-15(22)6-8-16/h5-10,13-14,23H,11-12H2,1-4H3. The maximum atomic E-state index is 13.4. The summed E-state index contributed by atoms with van der Waals surface area (Å²) in [7, 11) is 5.56. The quantitative estimate of drug-likeness (QED) is 0.679. The van der Waals surface area contributed by atoms with Gasteiger partial charge in [0.1, 0.15) is 17.4 Å². The van der Waals surface area contributed by atoms with E-state index in [0.717, 1.165) is 13.1 Å². The molecule has 148 valence electrons. The molecule has 0 radical (unpaired) electrons. The molecule has 6 nitrogen and oxygen atoms in total. The first-order valence-corrected chi connectivity index (χ1v) is 9.15. The number of hydrogen-bond donors (Lipinski definition) is 1. The Labute approximate surface area is 163 Å². The molecule has 1 N–H and O–H groups in total. The fourth-order valence-corrected chi connectivity index (χ4v) is 3.03. The van der Waals surface area contributed by atoms with Crippen molar-refractivity contribution in [2.45, 2.75) is 13.0 Å². The van der Waals surface area contributed by atoms with E-state index in [-0.39, 0.29) is 17.4 Å². The average molecular weight is 384 g/mol. The van der Waals surface area contributed by atoms with Gasteiger partial charge in [-0.3, -0.25) is 9.36 Å². The Kier molecular flexibility index (Phi) is 6.06. The Morgan fingerprint density at radius 2 is 1.93 bits per heavy atom. The van der Waals surface area contributed by atoms with Crippen LogP contribution < -0.4 is 15.6 Å². The van der Waals surface area contributed by atoms with Gasteiger partial charge >= 0.3 is 0 Å². The largest absolute Gasteiger partial charge is 0.497 e. The van der Waals surface area contributed by atoms with Crippen LogP contribution >= 0.6 is 0 Å². The van der Waals surface area contributed by atoms with E-state index in [2.05, 4.69) is 10.2 Å². The van der Waals surface area contributed by atoms with Gasteiger partial charge in [0.15, 0.2) is 0 Å². The first-order chi connectivity index (χ1) is 13.4. The molecule has 7 heteroatoms. The van der Waals surface area contributed by atoms with Crippen LogP contribution in [0.15, 0.2) is 47.3 Å². The van der Waals surface area contributed by atoms with E-state index in [1.807, 2.05) is 21.0 Å². The van der Waals surface area contributed by atoms with Gasteiger partial charge in [-0.1, -0.05) is 0 Å². The second kappa shape index (κ2) is 8.50. The minimum atomic E-state index is -0.356. The summed E-state index contributed by atoms with van der Waals surface area (Å²) in [6.07, 6.45) is 0. The molecule has 3 aromatic rings. The molecule has 28 heavy (non-hydrogen) atoms. The highest BCUT2D eigenvalue weighted by Crippen LogP contribution is 2.21. The number of fused-ring (bicyclic) bond motifs is 1. The molecule has 2 aromatic carbocycles. The van der Waals surface area contributed by atoms with Crippen molar-refractivity contribution in [1.82, 2.24) is 19.8 Å². The number of aromatic nitrogens is 2. The number of likely N-dealkylation sites (N-methyl/N-ethyl adjacent to an activating group) is 1. The SMILES string of the molecule is COc1ccc2nc(C(C)NCCN(C)C)n(-c3ccc(F)cc3)c(=O)c2c1. The minimum Gasteiger partial charge on any atom is -0.497 e. The summed E-state index contributed by atoms with van der Waals surface area (Å²) in [4.78, 5) is 20.1. The maximum Gasteiger partial charge on any atom is 0.266 e. The van der Waals surface area contributed by atoms with Gasteiger partial charge in [-0.2, -0.15) is 0 Å². The predicted molar refractivity (Wildman–Crippen MR) is 109 cm³/mol. The highest BCUT2D eigenvalue weighted by atomic mass is 19.1. The molecule has 0 saturated heterocycles. The lowest BCUT2D eigenvalue weighted by Crippen LogP contribution is -2.33.